The fourth-order valence-electron chi connectivity index (χ4n) is 6.48. The minimum absolute atomic E-state index is 0.0410. The summed E-state index contributed by atoms with van der Waals surface area (Å²) in [5.74, 6) is 0.193. The SMILES string of the molecule is C=CCCC1CCC(C2CCC(c3ccc(-c4ccc(-c5ccc(OCCC)c(F)c5F)cc4)cc3)CO2)CC1. The third-order valence-electron chi connectivity index (χ3n) is 8.93. The Balaban J connectivity index is 1.16. The lowest BCUT2D eigenvalue weighted by Crippen LogP contribution is -2.33. The Morgan fingerprint density at radius 1 is 0.825 bits per heavy atom. The van der Waals surface area contributed by atoms with E-state index in [4.69, 9.17) is 9.47 Å². The molecule has 1 aliphatic heterocycles. The monoisotopic (exact) mass is 544 g/mol. The van der Waals surface area contributed by atoms with E-state index in [-0.39, 0.29) is 11.3 Å². The Morgan fingerprint density at radius 2 is 1.50 bits per heavy atom. The van der Waals surface area contributed by atoms with E-state index in [0.717, 1.165) is 48.8 Å². The third kappa shape index (κ3) is 6.66. The molecule has 1 aliphatic carbocycles. The fourth-order valence-corrected chi connectivity index (χ4v) is 6.48. The topological polar surface area (TPSA) is 18.5 Å². The molecular formula is C36H42F2O2. The van der Waals surface area contributed by atoms with E-state index in [1.54, 1.807) is 6.07 Å². The smallest absolute Gasteiger partial charge is 0.201 e. The molecule has 0 aromatic heterocycles. The molecule has 0 bridgehead atoms. The van der Waals surface area contributed by atoms with E-state index >= 15 is 0 Å². The minimum atomic E-state index is -0.935. The average Bonchev–Trinajstić information content (AvgIpc) is 3.01. The standard InChI is InChI=1S/C36H42F2O2/c1-3-5-6-25-7-9-30(10-8-25)33-21-19-31(24-40-33)28-13-11-26(12-14-28)27-15-17-29(18-16-27)32-20-22-34(39-23-4-2)36(38)35(32)37/h3,11-18,20,22,25,30-31,33H,1,4-10,19,21,23-24H2,2H3. The van der Waals surface area contributed by atoms with Crippen LogP contribution in [0.3, 0.4) is 0 Å². The molecule has 5 rings (SSSR count). The average molecular weight is 545 g/mol. The van der Waals surface area contributed by atoms with E-state index in [0.29, 0.717) is 24.2 Å². The first-order valence-electron chi connectivity index (χ1n) is 15.1. The van der Waals surface area contributed by atoms with Gasteiger partial charge in [0.25, 0.3) is 0 Å². The van der Waals surface area contributed by atoms with Crippen molar-refractivity contribution >= 4 is 0 Å². The lowest BCUT2D eigenvalue weighted by Gasteiger charge is -2.38. The van der Waals surface area contributed by atoms with Crippen LogP contribution < -0.4 is 4.74 Å². The summed E-state index contributed by atoms with van der Waals surface area (Å²) in [7, 11) is 0. The lowest BCUT2D eigenvalue weighted by atomic mass is 9.75. The first-order chi connectivity index (χ1) is 19.6. The molecular weight excluding hydrogens is 502 g/mol. The van der Waals surface area contributed by atoms with Gasteiger partial charge in [-0.3, -0.25) is 0 Å². The quantitative estimate of drug-likeness (QED) is 0.236. The van der Waals surface area contributed by atoms with Crippen molar-refractivity contribution in [3.8, 4) is 28.0 Å². The van der Waals surface area contributed by atoms with E-state index < -0.39 is 11.6 Å². The van der Waals surface area contributed by atoms with Crippen LogP contribution in [0.15, 0.2) is 73.3 Å². The van der Waals surface area contributed by atoms with Crippen molar-refractivity contribution in [2.24, 2.45) is 11.8 Å². The first-order valence-corrected chi connectivity index (χ1v) is 15.1. The van der Waals surface area contributed by atoms with Crippen LogP contribution in [0.4, 0.5) is 8.78 Å². The maximum atomic E-state index is 14.7. The summed E-state index contributed by atoms with van der Waals surface area (Å²) in [6.45, 7) is 6.96. The van der Waals surface area contributed by atoms with Gasteiger partial charge in [0.15, 0.2) is 11.6 Å². The van der Waals surface area contributed by atoms with Gasteiger partial charge in [-0.2, -0.15) is 4.39 Å². The predicted molar refractivity (Wildman–Crippen MR) is 160 cm³/mol. The van der Waals surface area contributed by atoms with Gasteiger partial charge in [-0.15, -0.1) is 6.58 Å². The van der Waals surface area contributed by atoms with Crippen LogP contribution >= 0.6 is 0 Å². The molecule has 3 aromatic rings. The molecule has 0 spiro atoms. The number of hydrogen-bond acceptors (Lipinski definition) is 2. The molecule has 1 saturated carbocycles. The predicted octanol–water partition coefficient (Wildman–Crippen LogP) is 10.1. The molecule has 2 aliphatic rings. The number of allylic oxidation sites excluding steroid dienone is 1. The third-order valence-corrected chi connectivity index (χ3v) is 8.93. The maximum absolute atomic E-state index is 14.7. The van der Waals surface area contributed by atoms with Crippen LogP contribution in [0.5, 0.6) is 5.75 Å². The Kier molecular flexibility index (Phi) is 9.70. The second-order valence-electron chi connectivity index (χ2n) is 11.6. The van der Waals surface area contributed by atoms with E-state index in [9.17, 15) is 8.78 Å². The molecule has 1 saturated heterocycles. The summed E-state index contributed by atoms with van der Waals surface area (Å²) in [6.07, 6.45) is 13.3. The number of hydrogen-bond donors (Lipinski definition) is 0. The van der Waals surface area contributed by atoms with Crippen molar-refractivity contribution in [2.45, 2.75) is 76.7 Å². The molecule has 0 amide bonds. The van der Waals surface area contributed by atoms with E-state index in [2.05, 4.69) is 36.9 Å². The largest absolute Gasteiger partial charge is 0.490 e. The van der Waals surface area contributed by atoms with Crippen LogP contribution in [0.2, 0.25) is 0 Å². The number of ether oxygens (including phenoxy) is 2. The summed E-state index contributed by atoms with van der Waals surface area (Å²) in [6, 6.07) is 19.4. The normalized spacial score (nSPS) is 23.1. The maximum Gasteiger partial charge on any atom is 0.201 e. The van der Waals surface area contributed by atoms with E-state index in [1.165, 1.54) is 50.2 Å². The molecule has 2 atom stereocenters. The van der Waals surface area contributed by atoms with Crippen LogP contribution in [0, 0.1) is 23.5 Å². The van der Waals surface area contributed by atoms with Crippen molar-refractivity contribution in [1.29, 1.82) is 0 Å². The Bertz CT molecular complexity index is 1240. The highest BCUT2D eigenvalue weighted by Gasteiger charge is 2.32. The molecule has 0 radical (unpaired) electrons. The highest BCUT2D eigenvalue weighted by Crippen LogP contribution is 2.39. The second-order valence-corrected chi connectivity index (χ2v) is 11.6. The van der Waals surface area contributed by atoms with Gasteiger partial charge in [-0.1, -0.05) is 74.4 Å². The van der Waals surface area contributed by atoms with Crippen LogP contribution in [0.25, 0.3) is 22.3 Å². The van der Waals surface area contributed by atoms with E-state index in [1.807, 2.05) is 31.2 Å². The van der Waals surface area contributed by atoms with Gasteiger partial charge in [-0.25, -0.2) is 4.39 Å². The fraction of sp³-hybridized carbons (Fsp3) is 0.444. The van der Waals surface area contributed by atoms with Gasteiger partial charge >= 0.3 is 0 Å². The summed E-state index contributed by atoms with van der Waals surface area (Å²) < 4.78 is 40.9. The first kappa shape index (κ1) is 28.5. The molecule has 40 heavy (non-hydrogen) atoms. The Morgan fingerprint density at radius 3 is 2.12 bits per heavy atom. The molecule has 4 heteroatoms. The molecule has 3 aromatic carbocycles. The van der Waals surface area contributed by atoms with Gasteiger partial charge in [0.1, 0.15) is 0 Å². The molecule has 0 N–H and O–H groups in total. The molecule has 212 valence electrons. The van der Waals surface area contributed by atoms with Gasteiger partial charge < -0.3 is 9.47 Å². The Hall–Kier alpha value is -2.98. The van der Waals surface area contributed by atoms with Crippen LogP contribution in [0.1, 0.15) is 76.2 Å². The highest BCUT2D eigenvalue weighted by molar-refractivity contribution is 5.71. The van der Waals surface area contributed by atoms with Crippen molar-refractivity contribution in [1.82, 2.24) is 0 Å². The number of halogens is 2. The van der Waals surface area contributed by atoms with Crippen molar-refractivity contribution in [2.75, 3.05) is 13.2 Å². The summed E-state index contributed by atoms with van der Waals surface area (Å²) in [5.41, 5.74) is 4.35. The zero-order valence-electron chi connectivity index (χ0n) is 23.7. The summed E-state index contributed by atoms with van der Waals surface area (Å²) in [4.78, 5) is 0. The van der Waals surface area contributed by atoms with Crippen molar-refractivity contribution < 1.29 is 18.3 Å². The van der Waals surface area contributed by atoms with Gasteiger partial charge in [0, 0.05) is 11.5 Å². The van der Waals surface area contributed by atoms with Crippen molar-refractivity contribution in [3.05, 3.63) is 90.5 Å². The summed E-state index contributed by atoms with van der Waals surface area (Å²) in [5, 5.41) is 0. The molecule has 2 fully saturated rings. The Labute approximate surface area is 238 Å². The number of rotatable bonds is 10. The number of benzene rings is 3. The van der Waals surface area contributed by atoms with Crippen LogP contribution in [-0.4, -0.2) is 19.3 Å². The second kappa shape index (κ2) is 13.6. The van der Waals surface area contributed by atoms with Gasteiger partial charge in [0.2, 0.25) is 5.82 Å². The van der Waals surface area contributed by atoms with Gasteiger partial charge in [0.05, 0.1) is 19.3 Å². The molecule has 1 heterocycles. The molecule has 2 unspecified atom stereocenters. The highest BCUT2D eigenvalue weighted by atomic mass is 19.2. The zero-order chi connectivity index (χ0) is 27.9. The lowest BCUT2D eigenvalue weighted by molar-refractivity contribution is -0.0435. The summed E-state index contributed by atoms with van der Waals surface area (Å²) >= 11 is 0. The minimum Gasteiger partial charge on any atom is -0.490 e. The van der Waals surface area contributed by atoms with Crippen LogP contribution in [-0.2, 0) is 4.74 Å². The molecule has 2 nitrogen and oxygen atoms in total. The zero-order valence-corrected chi connectivity index (χ0v) is 23.7. The van der Waals surface area contributed by atoms with Crippen molar-refractivity contribution in [3.63, 3.8) is 0 Å². The van der Waals surface area contributed by atoms with Gasteiger partial charge in [-0.05, 0) is 91.2 Å².